The van der Waals surface area contributed by atoms with E-state index in [2.05, 4.69) is 13.8 Å². The second-order valence-corrected chi connectivity index (χ2v) is 3.82. The van der Waals surface area contributed by atoms with E-state index in [4.69, 9.17) is 5.11 Å². The van der Waals surface area contributed by atoms with Crippen LogP contribution in [0.15, 0.2) is 18.2 Å². The quantitative estimate of drug-likeness (QED) is 0.786. The first-order chi connectivity index (χ1) is 6.56. The van der Waals surface area contributed by atoms with Gasteiger partial charge in [0.15, 0.2) is 0 Å². The average molecular weight is 195 g/mol. The summed E-state index contributed by atoms with van der Waals surface area (Å²) in [6, 6.07) is 4.73. The summed E-state index contributed by atoms with van der Waals surface area (Å²) in [5.74, 6) is 0.900. The normalized spacial score (nSPS) is 11.4. The molecule has 0 aliphatic heterocycles. The predicted molar refractivity (Wildman–Crippen MR) is 55.6 cm³/mol. The van der Waals surface area contributed by atoms with E-state index in [1.807, 2.05) is 6.92 Å². The predicted octanol–water partition coefficient (Wildman–Crippen LogP) is 2.88. The monoisotopic (exact) mass is 195 g/mol. The van der Waals surface area contributed by atoms with Crippen molar-refractivity contribution in [1.29, 1.82) is 0 Å². The van der Waals surface area contributed by atoms with Crippen molar-refractivity contribution in [3.63, 3.8) is 0 Å². The van der Waals surface area contributed by atoms with Crippen molar-refractivity contribution in [2.45, 2.75) is 26.7 Å². The van der Waals surface area contributed by atoms with Crippen LogP contribution in [0.2, 0.25) is 0 Å². The molecule has 0 spiro atoms. The third-order valence-corrected chi connectivity index (χ3v) is 2.33. The standard InChI is InChI=1S/C12H16FO/c1-8(2)11-5-4-10(13)6-12(11)9(3)7-14/h4-6,8,14H,7H2,1-3H3. The first kappa shape index (κ1) is 11.2. The smallest absolute Gasteiger partial charge is 0.123 e. The average Bonchev–Trinajstić information content (AvgIpc) is 2.16. The molecule has 0 aromatic heterocycles. The van der Waals surface area contributed by atoms with Crippen LogP contribution in [-0.2, 0) is 0 Å². The third-order valence-electron chi connectivity index (χ3n) is 2.33. The minimum absolute atomic E-state index is 0.0246. The fraction of sp³-hybridized carbons (Fsp3) is 0.417. The molecule has 0 atom stereocenters. The van der Waals surface area contributed by atoms with Gasteiger partial charge in [0.1, 0.15) is 5.82 Å². The topological polar surface area (TPSA) is 20.2 Å². The molecule has 1 radical (unpaired) electrons. The largest absolute Gasteiger partial charge is 0.395 e. The van der Waals surface area contributed by atoms with Gasteiger partial charge in [0.05, 0.1) is 6.61 Å². The Morgan fingerprint density at radius 1 is 1.43 bits per heavy atom. The SMILES string of the molecule is C[C](CO)c1cc(F)ccc1C(C)C. The van der Waals surface area contributed by atoms with E-state index in [1.54, 1.807) is 6.07 Å². The highest BCUT2D eigenvalue weighted by Crippen LogP contribution is 2.26. The van der Waals surface area contributed by atoms with Crippen LogP contribution < -0.4 is 0 Å². The van der Waals surface area contributed by atoms with Gasteiger partial charge in [0.2, 0.25) is 0 Å². The van der Waals surface area contributed by atoms with Gasteiger partial charge in [-0.3, -0.25) is 0 Å². The van der Waals surface area contributed by atoms with E-state index in [9.17, 15) is 4.39 Å². The molecular weight excluding hydrogens is 179 g/mol. The lowest BCUT2D eigenvalue weighted by Gasteiger charge is -2.16. The molecule has 14 heavy (non-hydrogen) atoms. The van der Waals surface area contributed by atoms with Crippen LogP contribution in [0.3, 0.4) is 0 Å². The summed E-state index contributed by atoms with van der Waals surface area (Å²) in [6.07, 6.45) is 0. The van der Waals surface area contributed by atoms with E-state index >= 15 is 0 Å². The molecule has 1 aromatic carbocycles. The van der Waals surface area contributed by atoms with Gasteiger partial charge < -0.3 is 5.11 Å². The Kier molecular flexibility index (Phi) is 3.64. The van der Waals surface area contributed by atoms with Crippen LogP contribution in [0, 0.1) is 11.7 Å². The van der Waals surface area contributed by atoms with E-state index in [0.29, 0.717) is 5.92 Å². The minimum Gasteiger partial charge on any atom is -0.395 e. The number of halogens is 1. The molecule has 0 bridgehead atoms. The molecule has 0 fully saturated rings. The summed E-state index contributed by atoms with van der Waals surface area (Å²) in [4.78, 5) is 0. The summed E-state index contributed by atoms with van der Waals surface area (Å²) in [5.41, 5.74) is 1.92. The number of benzene rings is 1. The van der Waals surface area contributed by atoms with Crippen LogP contribution in [0.1, 0.15) is 37.8 Å². The van der Waals surface area contributed by atoms with E-state index in [0.717, 1.165) is 17.0 Å². The van der Waals surface area contributed by atoms with E-state index in [-0.39, 0.29) is 12.4 Å². The highest BCUT2D eigenvalue weighted by atomic mass is 19.1. The molecule has 1 rings (SSSR count). The second kappa shape index (κ2) is 4.56. The van der Waals surface area contributed by atoms with Gasteiger partial charge in [0, 0.05) is 5.92 Å². The Bertz CT molecular complexity index is 307. The number of aliphatic hydroxyl groups excluding tert-OH is 1. The zero-order chi connectivity index (χ0) is 10.7. The summed E-state index contributed by atoms with van der Waals surface area (Å²) in [5, 5.41) is 9.03. The van der Waals surface area contributed by atoms with Crippen molar-refractivity contribution < 1.29 is 9.50 Å². The molecule has 1 N–H and O–H groups in total. The van der Waals surface area contributed by atoms with Gasteiger partial charge in [-0.2, -0.15) is 0 Å². The Balaban J connectivity index is 3.15. The number of hydrogen-bond donors (Lipinski definition) is 1. The fourth-order valence-electron chi connectivity index (χ4n) is 1.49. The molecule has 0 heterocycles. The second-order valence-electron chi connectivity index (χ2n) is 3.82. The lowest BCUT2D eigenvalue weighted by atomic mass is 9.90. The fourth-order valence-corrected chi connectivity index (χ4v) is 1.49. The molecule has 0 saturated heterocycles. The number of hydrogen-bond acceptors (Lipinski definition) is 1. The van der Waals surface area contributed by atoms with Crippen LogP contribution in [0.25, 0.3) is 0 Å². The zero-order valence-corrected chi connectivity index (χ0v) is 8.84. The van der Waals surface area contributed by atoms with Crippen molar-refractivity contribution in [1.82, 2.24) is 0 Å². The molecule has 0 saturated carbocycles. The Labute approximate surface area is 84.6 Å². The molecule has 0 aliphatic carbocycles. The van der Waals surface area contributed by atoms with Gasteiger partial charge in [-0.15, -0.1) is 0 Å². The van der Waals surface area contributed by atoms with E-state index < -0.39 is 0 Å². The van der Waals surface area contributed by atoms with Gasteiger partial charge in [0.25, 0.3) is 0 Å². The Hall–Kier alpha value is -0.890. The summed E-state index contributed by atoms with van der Waals surface area (Å²) >= 11 is 0. The Morgan fingerprint density at radius 2 is 2.07 bits per heavy atom. The maximum atomic E-state index is 13.0. The maximum Gasteiger partial charge on any atom is 0.123 e. The zero-order valence-electron chi connectivity index (χ0n) is 8.84. The molecular formula is C12H16FO. The van der Waals surface area contributed by atoms with Crippen LogP contribution in [0.4, 0.5) is 4.39 Å². The van der Waals surface area contributed by atoms with Crippen molar-refractivity contribution in [3.05, 3.63) is 41.1 Å². The summed E-state index contributed by atoms with van der Waals surface area (Å²) < 4.78 is 13.0. The first-order valence-corrected chi connectivity index (χ1v) is 4.79. The molecule has 0 amide bonds. The molecule has 1 nitrogen and oxygen atoms in total. The molecule has 1 aromatic rings. The molecule has 2 heteroatoms. The van der Waals surface area contributed by atoms with Crippen LogP contribution in [0.5, 0.6) is 0 Å². The first-order valence-electron chi connectivity index (χ1n) is 4.79. The lowest BCUT2D eigenvalue weighted by Crippen LogP contribution is -2.06. The number of aliphatic hydroxyl groups is 1. The molecule has 77 valence electrons. The van der Waals surface area contributed by atoms with Crippen molar-refractivity contribution >= 4 is 0 Å². The maximum absolute atomic E-state index is 13.0. The highest BCUT2D eigenvalue weighted by molar-refractivity contribution is 5.40. The molecule has 0 aliphatic rings. The van der Waals surface area contributed by atoms with Crippen molar-refractivity contribution in [2.24, 2.45) is 0 Å². The third kappa shape index (κ3) is 2.32. The highest BCUT2D eigenvalue weighted by Gasteiger charge is 2.13. The van der Waals surface area contributed by atoms with Crippen molar-refractivity contribution in [2.75, 3.05) is 6.61 Å². The van der Waals surface area contributed by atoms with Gasteiger partial charge in [-0.1, -0.05) is 26.8 Å². The summed E-state index contributed by atoms with van der Waals surface area (Å²) in [7, 11) is 0. The molecule has 0 unspecified atom stereocenters. The minimum atomic E-state index is -0.253. The summed E-state index contributed by atoms with van der Waals surface area (Å²) in [6.45, 7) is 5.91. The van der Waals surface area contributed by atoms with Crippen LogP contribution in [-0.4, -0.2) is 11.7 Å². The number of rotatable bonds is 3. The van der Waals surface area contributed by atoms with Crippen molar-refractivity contribution in [3.8, 4) is 0 Å². The van der Waals surface area contributed by atoms with Gasteiger partial charge >= 0.3 is 0 Å². The van der Waals surface area contributed by atoms with Gasteiger partial charge in [-0.25, -0.2) is 4.39 Å². The van der Waals surface area contributed by atoms with Crippen LogP contribution >= 0.6 is 0 Å². The lowest BCUT2D eigenvalue weighted by molar-refractivity contribution is 0.314. The van der Waals surface area contributed by atoms with E-state index in [1.165, 1.54) is 12.1 Å². The van der Waals surface area contributed by atoms with Gasteiger partial charge in [-0.05, 0) is 29.2 Å². The Morgan fingerprint density at radius 3 is 2.57 bits per heavy atom.